The first kappa shape index (κ1) is 20.9. The van der Waals surface area contributed by atoms with Crippen LogP contribution in [0.2, 0.25) is 5.02 Å². The van der Waals surface area contributed by atoms with Crippen LogP contribution in [-0.4, -0.2) is 49.4 Å². The van der Waals surface area contributed by atoms with Crippen LogP contribution in [-0.2, 0) is 5.41 Å². The lowest BCUT2D eigenvalue weighted by Crippen LogP contribution is -2.34. The fourth-order valence-electron chi connectivity index (χ4n) is 4.23. The van der Waals surface area contributed by atoms with Crippen molar-refractivity contribution in [2.24, 2.45) is 0 Å². The lowest BCUT2D eigenvalue weighted by molar-refractivity contribution is 0.0927. The van der Waals surface area contributed by atoms with Crippen molar-refractivity contribution < 1.29 is 9.59 Å². The molecule has 1 saturated heterocycles. The summed E-state index contributed by atoms with van der Waals surface area (Å²) in [7, 11) is 0. The van der Waals surface area contributed by atoms with E-state index in [2.05, 4.69) is 27.7 Å². The fraction of sp³-hybridized carbons (Fsp3) is 0.417. The van der Waals surface area contributed by atoms with Crippen molar-refractivity contribution >= 4 is 23.4 Å². The molecule has 2 aromatic carbocycles. The Balaban J connectivity index is 1.24. The Kier molecular flexibility index (Phi) is 6.40. The van der Waals surface area contributed by atoms with E-state index in [4.69, 9.17) is 11.6 Å². The Bertz CT molecular complexity index is 903. The number of benzene rings is 2. The molecule has 0 aromatic heterocycles. The highest BCUT2D eigenvalue weighted by molar-refractivity contribution is 6.33. The van der Waals surface area contributed by atoms with Crippen LogP contribution in [0.25, 0.3) is 0 Å². The molecule has 2 aliphatic rings. The second-order valence-corrected chi connectivity index (χ2v) is 8.74. The van der Waals surface area contributed by atoms with Crippen molar-refractivity contribution in [3.05, 3.63) is 70.2 Å². The molecule has 1 aliphatic heterocycles. The highest BCUT2D eigenvalue weighted by Gasteiger charge is 2.45. The van der Waals surface area contributed by atoms with E-state index < -0.39 is 0 Å². The maximum atomic E-state index is 12.4. The van der Waals surface area contributed by atoms with Crippen LogP contribution >= 0.6 is 11.6 Å². The summed E-state index contributed by atoms with van der Waals surface area (Å²) in [6, 6.07) is 14.9. The molecule has 2 aromatic rings. The Morgan fingerprint density at radius 2 is 1.53 bits per heavy atom. The van der Waals surface area contributed by atoms with Crippen LogP contribution in [0.1, 0.15) is 52.0 Å². The minimum Gasteiger partial charge on any atom is -0.350 e. The monoisotopic (exact) mass is 425 g/mol. The van der Waals surface area contributed by atoms with Gasteiger partial charge in [-0.1, -0.05) is 35.9 Å². The van der Waals surface area contributed by atoms with E-state index in [0.29, 0.717) is 34.7 Å². The number of carbonyl (C=O) groups excluding carboxylic acids is 2. The van der Waals surface area contributed by atoms with Gasteiger partial charge in [-0.15, -0.1) is 0 Å². The van der Waals surface area contributed by atoms with Gasteiger partial charge in [-0.25, -0.2) is 0 Å². The van der Waals surface area contributed by atoms with Crippen LogP contribution in [0.4, 0.5) is 0 Å². The summed E-state index contributed by atoms with van der Waals surface area (Å²) in [5, 5.41) is 6.05. The molecule has 1 saturated carbocycles. The predicted octanol–water partition coefficient (Wildman–Crippen LogP) is 3.63. The van der Waals surface area contributed by atoms with Gasteiger partial charge in [0.1, 0.15) is 0 Å². The molecule has 2 amide bonds. The molecule has 0 spiro atoms. The summed E-state index contributed by atoms with van der Waals surface area (Å²) in [6.07, 6.45) is 5.10. The van der Waals surface area contributed by atoms with Gasteiger partial charge in [0.15, 0.2) is 0 Å². The minimum atomic E-state index is -0.244. The summed E-state index contributed by atoms with van der Waals surface area (Å²) in [6.45, 7) is 4.27. The fourth-order valence-corrected chi connectivity index (χ4v) is 4.45. The molecule has 0 bridgehead atoms. The SMILES string of the molecule is O=C(NCCNC(=O)c1ccccc1Cl)c1ccc(C2(CN3CCCC3)CC2)cc1. The molecule has 0 unspecified atom stereocenters. The van der Waals surface area contributed by atoms with Gasteiger partial charge in [-0.3, -0.25) is 9.59 Å². The molecule has 158 valence electrons. The topological polar surface area (TPSA) is 61.4 Å². The van der Waals surface area contributed by atoms with Gasteiger partial charge in [0, 0.05) is 30.6 Å². The van der Waals surface area contributed by atoms with E-state index >= 15 is 0 Å². The van der Waals surface area contributed by atoms with E-state index in [1.54, 1.807) is 24.3 Å². The number of halogens is 1. The highest BCUT2D eigenvalue weighted by Crippen LogP contribution is 2.49. The van der Waals surface area contributed by atoms with Gasteiger partial charge in [-0.05, 0) is 68.6 Å². The number of rotatable bonds is 8. The van der Waals surface area contributed by atoms with Crippen LogP contribution in [0.3, 0.4) is 0 Å². The molecule has 4 rings (SSSR count). The minimum absolute atomic E-state index is 0.127. The number of carbonyl (C=O) groups is 2. The third-order valence-corrected chi connectivity index (χ3v) is 6.48. The first-order valence-corrected chi connectivity index (χ1v) is 11.1. The Morgan fingerprint density at radius 3 is 2.17 bits per heavy atom. The van der Waals surface area contributed by atoms with Crippen LogP contribution in [0, 0.1) is 0 Å². The van der Waals surface area contributed by atoms with Gasteiger partial charge < -0.3 is 15.5 Å². The lowest BCUT2D eigenvalue weighted by Gasteiger charge is -2.23. The molecule has 2 fully saturated rings. The van der Waals surface area contributed by atoms with E-state index in [9.17, 15) is 9.59 Å². The second-order valence-electron chi connectivity index (χ2n) is 8.33. The zero-order valence-electron chi connectivity index (χ0n) is 17.1. The van der Waals surface area contributed by atoms with Gasteiger partial charge >= 0.3 is 0 Å². The summed E-state index contributed by atoms with van der Waals surface area (Å²) < 4.78 is 0. The maximum Gasteiger partial charge on any atom is 0.252 e. The van der Waals surface area contributed by atoms with E-state index in [1.165, 1.54) is 44.3 Å². The lowest BCUT2D eigenvalue weighted by atomic mass is 9.94. The zero-order chi connectivity index (χ0) is 21.0. The normalized spacial score (nSPS) is 17.5. The molecule has 0 radical (unpaired) electrons. The number of nitrogens with one attached hydrogen (secondary N) is 2. The number of hydrogen-bond acceptors (Lipinski definition) is 3. The van der Waals surface area contributed by atoms with Crippen molar-refractivity contribution in [2.45, 2.75) is 31.1 Å². The molecular formula is C24H28ClN3O2. The van der Waals surface area contributed by atoms with Crippen molar-refractivity contribution in [2.75, 3.05) is 32.7 Å². The maximum absolute atomic E-state index is 12.4. The Hall–Kier alpha value is -2.37. The van der Waals surface area contributed by atoms with E-state index in [1.807, 2.05) is 12.1 Å². The molecule has 0 atom stereocenters. The van der Waals surface area contributed by atoms with Gasteiger partial charge in [0.25, 0.3) is 11.8 Å². The molecule has 1 heterocycles. The van der Waals surface area contributed by atoms with Crippen molar-refractivity contribution in [3.8, 4) is 0 Å². The predicted molar refractivity (Wildman–Crippen MR) is 119 cm³/mol. The zero-order valence-corrected chi connectivity index (χ0v) is 17.9. The van der Waals surface area contributed by atoms with Crippen LogP contribution < -0.4 is 10.6 Å². The molecule has 1 aliphatic carbocycles. The molecular weight excluding hydrogens is 398 g/mol. The van der Waals surface area contributed by atoms with E-state index in [0.717, 1.165) is 6.54 Å². The summed E-state index contributed by atoms with van der Waals surface area (Å²) >= 11 is 6.03. The largest absolute Gasteiger partial charge is 0.350 e. The van der Waals surface area contributed by atoms with Crippen molar-refractivity contribution in [3.63, 3.8) is 0 Å². The summed E-state index contributed by atoms with van der Waals surface area (Å²) in [4.78, 5) is 27.1. The Morgan fingerprint density at radius 1 is 0.900 bits per heavy atom. The van der Waals surface area contributed by atoms with Gasteiger partial charge in [0.2, 0.25) is 0 Å². The quantitative estimate of drug-likeness (QED) is 0.635. The number of hydrogen-bond donors (Lipinski definition) is 2. The van der Waals surface area contributed by atoms with Gasteiger partial charge in [-0.2, -0.15) is 0 Å². The highest BCUT2D eigenvalue weighted by atomic mass is 35.5. The van der Waals surface area contributed by atoms with Crippen molar-refractivity contribution in [1.82, 2.24) is 15.5 Å². The Labute approximate surface area is 182 Å². The number of likely N-dealkylation sites (tertiary alicyclic amines) is 1. The molecule has 2 N–H and O–H groups in total. The van der Waals surface area contributed by atoms with Crippen molar-refractivity contribution in [1.29, 1.82) is 0 Å². The number of nitrogens with zero attached hydrogens (tertiary/aromatic N) is 1. The summed E-state index contributed by atoms with van der Waals surface area (Å²) in [5.74, 6) is -0.370. The average Bonchev–Trinajstić information content (AvgIpc) is 3.36. The number of amides is 2. The molecule has 5 nitrogen and oxygen atoms in total. The molecule has 6 heteroatoms. The molecule has 30 heavy (non-hydrogen) atoms. The second kappa shape index (κ2) is 9.19. The van der Waals surface area contributed by atoms with Gasteiger partial charge in [0.05, 0.1) is 10.6 Å². The first-order chi connectivity index (χ1) is 14.6. The van der Waals surface area contributed by atoms with Crippen LogP contribution in [0.5, 0.6) is 0 Å². The average molecular weight is 426 g/mol. The third kappa shape index (κ3) is 4.85. The standard InChI is InChI=1S/C24H28ClN3O2/c25-21-6-2-1-5-20(21)23(30)27-14-13-26-22(29)18-7-9-19(10-8-18)24(11-12-24)17-28-15-3-4-16-28/h1-2,5-10H,3-4,11-17H2,(H,26,29)(H,27,30). The third-order valence-electron chi connectivity index (χ3n) is 6.15. The van der Waals surface area contributed by atoms with E-state index in [-0.39, 0.29) is 11.8 Å². The smallest absolute Gasteiger partial charge is 0.252 e. The summed E-state index contributed by atoms with van der Waals surface area (Å²) in [5.41, 5.74) is 2.72. The first-order valence-electron chi connectivity index (χ1n) is 10.7. The van der Waals surface area contributed by atoms with Crippen LogP contribution in [0.15, 0.2) is 48.5 Å².